The van der Waals surface area contributed by atoms with E-state index < -0.39 is 0 Å². The Kier molecular flexibility index (Phi) is 18.1. The van der Waals surface area contributed by atoms with Gasteiger partial charge in [0.05, 0.1) is 0 Å². The van der Waals surface area contributed by atoms with Gasteiger partial charge >= 0.3 is 26.2 Å². The van der Waals surface area contributed by atoms with Crippen LogP contribution in [0.25, 0.3) is 0 Å². The third-order valence-corrected chi connectivity index (χ3v) is 5.21. The van der Waals surface area contributed by atoms with Crippen molar-refractivity contribution in [1.82, 2.24) is 0 Å². The molecule has 0 N–H and O–H groups in total. The number of rotatable bonds is 3. The monoisotopic (exact) mass is 517 g/mol. The molecular formula is C30H39SiZr. The van der Waals surface area contributed by atoms with E-state index in [1.807, 2.05) is 12.2 Å². The van der Waals surface area contributed by atoms with Crippen LogP contribution in [0.3, 0.4) is 0 Å². The number of benzene rings is 2. The molecule has 0 nitrogen and oxygen atoms in total. The molecule has 32 heavy (non-hydrogen) atoms. The summed E-state index contributed by atoms with van der Waals surface area (Å²) >= 11 is 0. The van der Waals surface area contributed by atoms with Crippen molar-refractivity contribution >= 4 is 9.52 Å². The summed E-state index contributed by atoms with van der Waals surface area (Å²) in [6.07, 6.45) is 15.6. The zero-order chi connectivity index (χ0) is 22.9. The molecule has 167 valence electrons. The summed E-state index contributed by atoms with van der Waals surface area (Å²) in [5.41, 5.74) is 7.07. The molecule has 0 aromatic heterocycles. The first-order valence-electron chi connectivity index (χ1n) is 11.3. The van der Waals surface area contributed by atoms with E-state index in [4.69, 9.17) is 0 Å². The third-order valence-electron chi connectivity index (χ3n) is 5.21. The maximum Gasteiger partial charge on any atom is 2.00 e. The Hall–Kier alpha value is -1.50. The molecule has 1 atom stereocenters. The summed E-state index contributed by atoms with van der Waals surface area (Å²) in [5, 5.41) is 0. The largest absolute Gasteiger partial charge is 2.00 e. The van der Waals surface area contributed by atoms with Crippen molar-refractivity contribution in [3.8, 4) is 0 Å². The van der Waals surface area contributed by atoms with E-state index in [2.05, 4.69) is 120 Å². The molecule has 0 aliphatic heterocycles. The van der Waals surface area contributed by atoms with E-state index in [1.165, 1.54) is 27.8 Å². The molecule has 2 aromatic rings. The summed E-state index contributed by atoms with van der Waals surface area (Å²) in [7, 11) is 0.750. The molecule has 0 bridgehead atoms. The first-order chi connectivity index (χ1) is 15.0. The summed E-state index contributed by atoms with van der Waals surface area (Å²) in [6, 6.07) is 21.2. The average molecular weight is 519 g/mol. The van der Waals surface area contributed by atoms with Gasteiger partial charge in [-0.2, -0.15) is 17.2 Å². The second kappa shape index (κ2) is 19.0. The molecule has 0 saturated carbocycles. The summed E-state index contributed by atoms with van der Waals surface area (Å²) in [4.78, 5) is 0. The van der Waals surface area contributed by atoms with Crippen molar-refractivity contribution in [2.45, 2.75) is 60.1 Å². The van der Waals surface area contributed by atoms with Gasteiger partial charge < -0.3 is 0 Å². The summed E-state index contributed by atoms with van der Waals surface area (Å²) < 4.78 is 0. The third kappa shape index (κ3) is 13.1. The quantitative estimate of drug-likeness (QED) is 0.285. The van der Waals surface area contributed by atoms with Gasteiger partial charge in [0.15, 0.2) is 0 Å². The molecule has 4 rings (SSSR count). The van der Waals surface area contributed by atoms with Gasteiger partial charge in [0.2, 0.25) is 0 Å². The van der Waals surface area contributed by atoms with Crippen LogP contribution in [0.4, 0.5) is 0 Å². The first-order valence-corrected chi connectivity index (χ1v) is 13.6. The molecule has 0 saturated heterocycles. The fourth-order valence-corrected chi connectivity index (χ4v) is 3.08. The summed E-state index contributed by atoms with van der Waals surface area (Å²) in [6.45, 7) is 13.1. The van der Waals surface area contributed by atoms with Gasteiger partial charge in [-0.1, -0.05) is 100 Å². The SMILES string of the molecule is CC1=[C-]C(C)C(C)=C1C.C[SiH]C.[C-]1=CC=CC1.[Zr+2].c1ccc(CCc2ccccc2)cc1. The molecule has 1 radical (unpaired) electrons. The predicted octanol–water partition coefficient (Wildman–Crippen LogP) is 8.02. The number of hydrogen-bond acceptors (Lipinski definition) is 0. The standard InChI is InChI=1S/C14H14.C9H13.C5H5.C2H7Si.Zr/c1-3-7-13(8-4-1)11-12-14-9-5-2-6-10-14;1-6-5-7(2)9(4)8(6)3;1-2-4-5-3-1;1-3-2;/h1-10H,11-12H2;6H,1-4H3;1-3H,4H2;3H,1-2H3;/q;2*-1;;+2. The van der Waals surface area contributed by atoms with Crippen molar-refractivity contribution in [3.05, 3.63) is 119 Å². The van der Waals surface area contributed by atoms with Crippen LogP contribution in [-0.4, -0.2) is 9.52 Å². The Balaban J connectivity index is 0.000000458. The number of hydrogen-bond donors (Lipinski definition) is 0. The zero-order valence-electron chi connectivity index (χ0n) is 20.8. The zero-order valence-corrected chi connectivity index (χ0v) is 24.4. The van der Waals surface area contributed by atoms with Crippen LogP contribution in [0, 0.1) is 18.1 Å². The molecule has 2 heteroatoms. The van der Waals surface area contributed by atoms with Crippen molar-refractivity contribution < 1.29 is 26.2 Å². The molecule has 0 heterocycles. The minimum absolute atomic E-state index is 0. The van der Waals surface area contributed by atoms with Crippen molar-refractivity contribution in [2.75, 3.05) is 0 Å². The summed E-state index contributed by atoms with van der Waals surface area (Å²) in [5.74, 6) is 0.560. The second-order valence-electron chi connectivity index (χ2n) is 7.85. The van der Waals surface area contributed by atoms with Gasteiger partial charge in [0.25, 0.3) is 0 Å². The fourth-order valence-electron chi connectivity index (χ4n) is 3.08. The Morgan fingerprint density at radius 1 is 0.844 bits per heavy atom. The van der Waals surface area contributed by atoms with Gasteiger partial charge in [-0.3, -0.25) is 12.2 Å². The van der Waals surface area contributed by atoms with Gasteiger partial charge in [0, 0.05) is 9.52 Å². The maximum absolute atomic E-state index is 3.36. The fraction of sp³-hybridized carbons (Fsp3) is 0.333. The van der Waals surface area contributed by atoms with Crippen molar-refractivity contribution in [1.29, 1.82) is 0 Å². The van der Waals surface area contributed by atoms with E-state index in [-0.39, 0.29) is 26.2 Å². The Morgan fingerprint density at radius 3 is 1.53 bits per heavy atom. The topological polar surface area (TPSA) is 0 Å². The van der Waals surface area contributed by atoms with Crippen LogP contribution in [-0.2, 0) is 39.0 Å². The maximum atomic E-state index is 3.36. The average Bonchev–Trinajstić information content (AvgIpc) is 3.45. The Morgan fingerprint density at radius 2 is 1.31 bits per heavy atom. The molecule has 1 unspecified atom stereocenters. The molecule has 0 amide bonds. The van der Waals surface area contributed by atoms with E-state index in [1.54, 1.807) is 0 Å². The van der Waals surface area contributed by atoms with Crippen LogP contribution in [0.1, 0.15) is 45.2 Å². The van der Waals surface area contributed by atoms with Crippen LogP contribution in [0.5, 0.6) is 0 Å². The van der Waals surface area contributed by atoms with Crippen LogP contribution in [0.2, 0.25) is 13.1 Å². The Labute approximate surface area is 219 Å². The number of aryl methyl sites for hydroxylation is 2. The van der Waals surface area contributed by atoms with Crippen LogP contribution in [0.15, 0.2) is 95.6 Å². The van der Waals surface area contributed by atoms with Gasteiger partial charge in [-0.25, -0.2) is 17.7 Å². The molecule has 2 aromatic carbocycles. The molecule has 0 spiro atoms. The van der Waals surface area contributed by atoms with Gasteiger partial charge in [-0.05, 0) is 24.0 Å². The normalized spacial score (nSPS) is 15.3. The minimum atomic E-state index is 0. The molecule has 0 fully saturated rings. The number of allylic oxidation sites excluding steroid dienone is 8. The molecule has 2 aliphatic rings. The van der Waals surface area contributed by atoms with E-state index >= 15 is 0 Å². The van der Waals surface area contributed by atoms with Crippen molar-refractivity contribution in [3.63, 3.8) is 0 Å². The van der Waals surface area contributed by atoms with Crippen LogP contribution >= 0.6 is 0 Å². The first kappa shape index (κ1) is 30.5. The van der Waals surface area contributed by atoms with Gasteiger partial charge in [0.1, 0.15) is 0 Å². The molecule has 2 aliphatic carbocycles. The van der Waals surface area contributed by atoms with Crippen LogP contribution < -0.4 is 0 Å². The minimum Gasteiger partial charge on any atom is -0.273 e. The Bertz CT molecular complexity index is 795. The predicted molar refractivity (Wildman–Crippen MR) is 141 cm³/mol. The second-order valence-corrected chi connectivity index (χ2v) is 9.01. The van der Waals surface area contributed by atoms with E-state index in [0.29, 0.717) is 5.92 Å². The smallest absolute Gasteiger partial charge is 0.273 e. The van der Waals surface area contributed by atoms with Gasteiger partial charge in [-0.15, -0.1) is 13.3 Å². The van der Waals surface area contributed by atoms with E-state index in [0.717, 1.165) is 28.8 Å². The van der Waals surface area contributed by atoms with E-state index in [9.17, 15) is 0 Å². The molecular weight excluding hydrogens is 480 g/mol. The van der Waals surface area contributed by atoms with Crippen molar-refractivity contribution in [2.24, 2.45) is 5.92 Å².